The molecule has 1 aromatic carbocycles. The maximum Gasteiger partial charge on any atom is 0.191 e. The quantitative estimate of drug-likeness (QED) is 0.278. The highest BCUT2D eigenvalue weighted by molar-refractivity contribution is 5.79. The van der Waals surface area contributed by atoms with Crippen LogP contribution in [0.5, 0.6) is 0 Å². The fourth-order valence-electron chi connectivity index (χ4n) is 3.00. The van der Waals surface area contributed by atoms with Crippen LogP contribution in [-0.2, 0) is 24.8 Å². The van der Waals surface area contributed by atoms with Gasteiger partial charge in [0.1, 0.15) is 12.4 Å². The van der Waals surface area contributed by atoms with Crippen LogP contribution in [0.1, 0.15) is 30.6 Å². The minimum atomic E-state index is 0.469. The summed E-state index contributed by atoms with van der Waals surface area (Å²) in [6.45, 7) is 7.45. The zero-order valence-corrected chi connectivity index (χ0v) is 18.6. The number of ether oxygens (including phenoxy) is 1. The smallest absolute Gasteiger partial charge is 0.191 e. The summed E-state index contributed by atoms with van der Waals surface area (Å²) in [6.07, 6.45) is 5.53. The molecule has 0 aliphatic heterocycles. The number of aromatic nitrogens is 5. The highest BCUT2D eigenvalue weighted by Gasteiger charge is 2.05. The van der Waals surface area contributed by atoms with E-state index in [1.807, 2.05) is 42.4 Å². The molecule has 2 N–H and O–H groups in total. The summed E-state index contributed by atoms with van der Waals surface area (Å²) in [5, 5.41) is 19.3. The van der Waals surface area contributed by atoms with E-state index in [0.29, 0.717) is 6.54 Å². The first-order valence-electron chi connectivity index (χ1n) is 10.7. The molecular weight excluding hydrogens is 392 g/mol. The van der Waals surface area contributed by atoms with Crippen LogP contribution in [-0.4, -0.2) is 56.8 Å². The maximum atomic E-state index is 5.41. The molecule has 166 valence electrons. The van der Waals surface area contributed by atoms with Crippen molar-refractivity contribution in [3.63, 3.8) is 0 Å². The Morgan fingerprint density at radius 2 is 1.94 bits per heavy atom. The van der Waals surface area contributed by atoms with Gasteiger partial charge in [0.15, 0.2) is 11.8 Å². The highest BCUT2D eigenvalue weighted by atomic mass is 16.5. The van der Waals surface area contributed by atoms with Crippen molar-refractivity contribution in [3.05, 3.63) is 59.9 Å². The van der Waals surface area contributed by atoms with E-state index in [-0.39, 0.29) is 0 Å². The normalized spacial score (nSPS) is 11.6. The number of hydrogen-bond acceptors (Lipinski definition) is 5. The SMILES string of the molecule is CCOCCCNC(=NCc1nnc(C)n1C)NCCc1ccc(-n2cccn2)cc1. The van der Waals surface area contributed by atoms with Crippen LogP contribution in [0.25, 0.3) is 5.69 Å². The number of hydrogen-bond donors (Lipinski definition) is 2. The fraction of sp³-hybridized carbons (Fsp3) is 0.455. The van der Waals surface area contributed by atoms with Gasteiger partial charge in [0.25, 0.3) is 0 Å². The standard InChI is InChI=1S/C22H32N8O/c1-4-31-16-6-12-23-22(25-17-21-28-27-18(2)29(21)3)24-14-11-19-7-9-20(10-8-19)30-15-5-13-26-30/h5,7-10,13,15H,4,6,11-12,14,16-17H2,1-3H3,(H2,23,24,25). The zero-order valence-electron chi connectivity index (χ0n) is 18.6. The Kier molecular flexibility index (Phi) is 8.59. The summed E-state index contributed by atoms with van der Waals surface area (Å²) < 4.78 is 9.22. The molecule has 9 nitrogen and oxygen atoms in total. The van der Waals surface area contributed by atoms with Crippen LogP contribution in [0.3, 0.4) is 0 Å². The third kappa shape index (κ3) is 6.92. The van der Waals surface area contributed by atoms with Crippen molar-refractivity contribution >= 4 is 5.96 Å². The van der Waals surface area contributed by atoms with E-state index in [1.165, 1.54) is 5.56 Å². The number of guanidine groups is 1. The van der Waals surface area contributed by atoms with Crippen LogP contribution < -0.4 is 10.6 Å². The van der Waals surface area contributed by atoms with Gasteiger partial charge in [-0.3, -0.25) is 0 Å². The summed E-state index contributed by atoms with van der Waals surface area (Å²) in [4.78, 5) is 4.68. The first-order chi connectivity index (χ1) is 15.2. The molecule has 0 fully saturated rings. The van der Waals surface area contributed by atoms with Gasteiger partial charge < -0.3 is 19.9 Å². The predicted molar refractivity (Wildman–Crippen MR) is 121 cm³/mol. The molecule has 0 saturated carbocycles. The highest BCUT2D eigenvalue weighted by Crippen LogP contribution is 2.08. The molecule has 9 heteroatoms. The molecule has 3 aromatic rings. The van der Waals surface area contributed by atoms with Crippen LogP contribution in [0.4, 0.5) is 0 Å². The minimum Gasteiger partial charge on any atom is -0.382 e. The summed E-state index contributed by atoms with van der Waals surface area (Å²) in [6, 6.07) is 10.3. The Hall–Kier alpha value is -3.20. The van der Waals surface area contributed by atoms with Crippen LogP contribution >= 0.6 is 0 Å². The van der Waals surface area contributed by atoms with Crippen molar-refractivity contribution in [2.75, 3.05) is 26.3 Å². The topological polar surface area (TPSA) is 94.2 Å². The molecule has 3 rings (SSSR count). The molecular formula is C22H32N8O. The van der Waals surface area contributed by atoms with Gasteiger partial charge in [0.05, 0.1) is 5.69 Å². The average Bonchev–Trinajstić information content (AvgIpc) is 3.43. The predicted octanol–water partition coefficient (Wildman–Crippen LogP) is 2.01. The molecule has 0 spiro atoms. The van der Waals surface area contributed by atoms with E-state index in [1.54, 1.807) is 6.20 Å². The number of nitrogens with one attached hydrogen (secondary N) is 2. The number of nitrogens with zero attached hydrogens (tertiary/aromatic N) is 6. The first-order valence-corrected chi connectivity index (χ1v) is 10.7. The molecule has 0 bridgehead atoms. The van der Waals surface area contributed by atoms with Crippen molar-refractivity contribution in [1.29, 1.82) is 0 Å². The Morgan fingerprint density at radius 3 is 2.61 bits per heavy atom. The fourth-order valence-corrected chi connectivity index (χ4v) is 3.00. The average molecular weight is 425 g/mol. The molecule has 31 heavy (non-hydrogen) atoms. The largest absolute Gasteiger partial charge is 0.382 e. The summed E-state index contributed by atoms with van der Waals surface area (Å²) in [5.74, 6) is 2.48. The number of benzene rings is 1. The summed E-state index contributed by atoms with van der Waals surface area (Å²) >= 11 is 0. The molecule has 0 aliphatic rings. The van der Waals surface area contributed by atoms with Crippen molar-refractivity contribution in [2.24, 2.45) is 12.0 Å². The van der Waals surface area contributed by atoms with Crippen molar-refractivity contribution in [1.82, 2.24) is 35.2 Å². The van der Waals surface area contributed by atoms with E-state index >= 15 is 0 Å². The lowest BCUT2D eigenvalue weighted by Crippen LogP contribution is -2.39. The first kappa shape index (κ1) is 22.5. The summed E-state index contributed by atoms with van der Waals surface area (Å²) in [7, 11) is 1.95. The van der Waals surface area contributed by atoms with Gasteiger partial charge in [-0.1, -0.05) is 12.1 Å². The van der Waals surface area contributed by atoms with Gasteiger partial charge in [-0.2, -0.15) is 5.10 Å². The second kappa shape index (κ2) is 11.8. The Balaban J connectivity index is 1.53. The van der Waals surface area contributed by atoms with Crippen LogP contribution in [0.15, 0.2) is 47.7 Å². The lowest BCUT2D eigenvalue weighted by Gasteiger charge is -2.13. The van der Waals surface area contributed by atoms with Gasteiger partial charge in [-0.25, -0.2) is 9.67 Å². The minimum absolute atomic E-state index is 0.469. The number of rotatable bonds is 11. The molecule has 0 saturated heterocycles. The third-order valence-corrected chi connectivity index (χ3v) is 4.93. The maximum absolute atomic E-state index is 5.41. The Morgan fingerprint density at radius 1 is 1.13 bits per heavy atom. The Labute approximate surface area is 183 Å². The monoisotopic (exact) mass is 424 g/mol. The Bertz CT molecular complexity index is 931. The van der Waals surface area contributed by atoms with Gasteiger partial charge >= 0.3 is 0 Å². The molecule has 2 heterocycles. The molecule has 0 atom stereocenters. The number of aryl methyl sites for hydroxylation is 1. The molecule has 2 aromatic heterocycles. The van der Waals surface area contributed by atoms with Gasteiger partial charge in [0.2, 0.25) is 0 Å². The molecule has 0 unspecified atom stereocenters. The van der Waals surface area contributed by atoms with E-state index < -0.39 is 0 Å². The van der Waals surface area contributed by atoms with Gasteiger partial charge in [-0.15, -0.1) is 10.2 Å². The second-order valence-corrected chi connectivity index (χ2v) is 7.16. The van der Waals surface area contributed by atoms with E-state index in [4.69, 9.17) is 4.74 Å². The van der Waals surface area contributed by atoms with Crippen molar-refractivity contribution in [3.8, 4) is 5.69 Å². The lowest BCUT2D eigenvalue weighted by atomic mass is 10.1. The molecule has 0 amide bonds. The molecule has 0 radical (unpaired) electrons. The van der Waals surface area contributed by atoms with Crippen molar-refractivity contribution < 1.29 is 4.74 Å². The second-order valence-electron chi connectivity index (χ2n) is 7.16. The third-order valence-electron chi connectivity index (χ3n) is 4.93. The van der Waals surface area contributed by atoms with E-state index in [9.17, 15) is 0 Å². The number of aliphatic imine (C=N–C) groups is 1. The summed E-state index contributed by atoms with van der Waals surface area (Å²) in [5.41, 5.74) is 2.31. The van der Waals surface area contributed by atoms with Crippen LogP contribution in [0.2, 0.25) is 0 Å². The van der Waals surface area contributed by atoms with Crippen molar-refractivity contribution in [2.45, 2.75) is 33.2 Å². The van der Waals surface area contributed by atoms with Gasteiger partial charge in [-0.05, 0) is 50.5 Å². The van der Waals surface area contributed by atoms with E-state index in [0.717, 1.165) is 62.4 Å². The zero-order chi connectivity index (χ0) is 21.9. The molecule has 0 aliphatic carbocycles. The van der Waals surface area contributed by atoms with Gasteiger partial charge in [0, 0.05) is 45.7 Å². The van der Waals surface area contributed by atoms with Crippen LogP contribution in [0, 0.1) is 6.92 Å². The van der Waals surface area contributed by atoms with E-state index in [2.05, 4.69) is 55.2 Å². The lowest BCUT2D eigenvalue weighted by molar-refractivity contribution is 0.145.